The Morgan fingerprint density at radius 2 is 1.90 bits per heavy atom. The molecule has 1 aromatic heterocycles. The fourth-order valence-corrected chi connectivity index (χ4v) is 3.44. The number of nitrogens with zero attached hydrogens (tertiary/aromatic N) is 2. The second-order valence-electron chi connectivity index (χ2n) is 7.38. The van der Waals surface area contributed by atoms with Crippen molar-refractivity contribution in [1.82, 2.24) is 15.5 Å². The molecule has 0 aliphatic carbocycles. The standard InChI is InChI=1S/C23H32N4O2/c28-22-12-5-2-6-16-27(22)17-8-14-24-23(25-15-13-21-11-7-18-29-21)26-19-20-9-3-1-4-10-20/h1,3-4,7,9-11,18H,2,5-6,8,12-17,19H2,(H2,24,25,26). The summed E-state index contributed by atoms with van der Waals surface area (Å²) in [5.74, 6) is 2.05. The van der Waals surface area contributed by atoms with Crippen LogP contribution in [0.15, 0.2) is 58.1 Å². The quantitative estimate of drug-likeness (QED) is 0.387. The molecule has 2 heterocycles. The molecule has 6 heteroatoms. The van der Waals surface area contributed by atoms with Crippen LogP contribution >= 0.6 is 0 Å². The molecule has 0 radical (unpaired) electrons. The monoisotopic (exact) mass is 396 g/mol. The van der Waals surface area contributed by atoms with E-state index in [9.17, 15) is 4.79 Å². The second kappa shape index (κ2) is 11.9. The zero-order chi connectivity index (χ0) is 20.2. The van der Waals surface area contributed by atoms with Crippen LogP contribution in [0.4, 0.5) is 0 Å². The minimum absolute atomic E-state index is 0.303. The van der Waals surface area contributed by atoms with Crippen molar-refractivity contribution in [3.05, 3.63) is 60.1 Å². The Kier molecular flexibility index (Phi) is 8.63. The fraction of sp³-hybridized carbons (Fsp3) is 0.478. The van der Waals surface area contributed by atoms with Gasteiger partial charge < -0.3 is 20.0 Å². The molecule has 0 saturated carbocycles. The van der Waals surface area contributed by atoms with Gasteiger partial charge in [0.05, 0.1) is 12.8 Å². The number of hydrogen-bond acceptors (Lipinski definition) is 3. The third-order valence-corrected chi connectivity index (χ3v) is 5.08. The van der Waals surface area contributed by atoms with E-state index in [0.717, 1.165) is 70.0 Å². The Morgan fingerprint density at radius 1 is 1.03 bits per heavy atom. The van der Waals surface area contributed by atoms with E-state index in [1.54, 1.807) is 6.26 Å². The first-order chi connectivity index (χ1) is 14.3. The normalized spacial score (nSPS) is 15.2. The van der Waals surface area contributed by atoms with Gasteiger partial charge in [-0.3, -0.25) is 4.79 Å². The van der Waals surface area contributed by atoms with Crippen LogP contribution < -0.4 is 10.6 Å². The summed E-state index contributed by atoms with van der Waals surface area (Å²) in [6.07, 6.45) is 7.43. The zero-order valence-electron chi connectivity index (χ0n) is 17.1. The zero-order valence-corrected chi connectivity index (χ0v) is 17.1. The van der Waals surface area contributed by atoms with Gasteiger partial charge in [0.1, 0.15) is 5.76 Å². The van der Waals surface area contributed by atoms with Gasteiger partial charge in [-0.05, 0) is 37.0 Å². The molecule has 2 aromatic rings. The average molecular weight is 397 g/mol. The summed E-state index contributed by atoms with van der Waals surface area (Å²) < 4.78 is 5.39. The minimum Gasteiger partial charge on any atom is -0.469 e. The highest BCUT2D eigenvalue weighted by Crippen LogP contribution is 2.11. The Labute approximate surface area is 173 Å². The highest BCUT2D eigenvalue weighted by molar-refractivity contribution is 5.79. The minimum atomic E-state index is 0.303. The van der Waals surface area contributed by atoms with Gasteiger partial charge in [-0.15, -0.1) is 0 Å². The number of guanidine groups is 1. The second-order valence-corrected chi connectivity index (χ2v) is 7.38. The molecule has 1 aliphatic rings. The highest BCUT2D eigenvalue weighted by atomic mass is 16.3. The van der Waals surface area contributed by atoms with E-state index in [1.807, 2.05) is 35.2 Å². The lowest BCUT2D eigenvalue weighted by Crippen LogP contribution is -2.40. The third kappa shape index (κ3) is 7.64. The molecule has 1 fully saturated rings. The van der Waals surface area contributed by atoms with Crippen LogP contribution in [0, 0.1) is 0 Å². The number of carbonyl (C=O) groups is 1. The fourth-order valence-electron chi connectivity index (χ4n) is 3.44. The van der Waals surface area contributed by atoms with Crippen LogP contribution in [0.5, 0.6) is 0 Å². The molecule has 1 saturated heterocycles. The van der Waals surface area contributed by atoms with Crippen molar-refractivity contribution in [3.8, 4) is 0 Å². The van der Waals surface area contributed by atoms with Gasteiger partial charge in [-0.25, -0.2) is 4.99 Å². The first-order valence-electron chi connectivity index (χ1n) is 10.7. The smallest absolute Gasteiger partial charge is 0.222 e. The van der Waals surface area contributed by atoms with E-state index in [-0.39, 0.29) is 0 Å². The number of hydrogen-bond donors (Lipinski definition) is 2. The SMILES string of the molecule is O=C1CCCCCN1CCCNC(=NCc1ccccc1)NCCc1ccco1. The molecule has 1 aromatic carbocycles. The van der Waals surface area contributed by atoms with Gasteiger partial charge in [0.15, 0.2) is 5.96 Å². The number of furan rings is 1. The Morgan fingerprint density at radius 3 is 2.72 bits per heavy atom. The number of benzene rings is 1. The summed E-state index contributed by atoms with van der Waals surface area (Å²) >= 11 is 0. The molecule has 6 nitrogen and oxygen atoms in total. The van der Waals surface area contributed by atoms with Gasteiger partial charge in [-0.2, -0.15) is 0 Å². The molecule has 2 N–H and O–H groups in total. The lowest BCUT2D eigenvalue weighted by molar-refractivity contribution is -0.130. The maximum absolute atomic E-state index is 12.1. The van der Waals surface area contributed by atoms with E-state index in [0.29, 0.717) is 18.9 Å². The predicted molar refractivity (Wildman–Crippen MR) is 116 cm³/mol. The van der Waals surface area contributed by atoms with Crippen LogP contribution in [-0.2, 0) is 17.8 Å². The third-order valence-electron chi connectivity index (χ3n) is 5.08. The van der Waals surface area contributed by atoms with Crippen molar-refractivity contribution in [3.63, 3.8) is 0 Å². The van der Waals surface area contributed by atoms with Crippen LogP contribution in [0.25, 0.3) is 0 Å². The lowest BCUT2D eigenvalue weighted by atomic mass is 10.2. The number of aliphatic imine (C=N–C) groups is 1. The molecule has 0 bridgehead atoms. The Hall–Kier alpha value is -2.76. The number of amides is 1. The van der Waals surface area contributed by atoms with Crippen molar-refractivity contribution in [2.45, 2.75) is 45.1 Å². The first-order valence-corrected chi connectivity index (χ1v) is 10.7. The van der Waals surface area contributed by atoms with Crippen LogP contribution in [0.3, 0.4) is 0 Å². The molecular formula is C23H32N4O2. The summed E-state index contributed by atoms with van der Waals surface area (Å²) in [5.41, 5.74) is 1.18. The Bertz CT molecular complexity index is 744. The van der Waals surface area contributed by atoms with Crippen molar-refractivity contribution in [2.24, 2.45) is 4.99 Å². The molecule has 156 valence electrons. The molecule has 1 aliphatic heterocycles. The highest BCUT2D eigenvalue weighted by Gasteiger charge is 2.15. The molecule has 0 unspecified atom stereocenters. The number of carbonyl (C=O) groups excluding carboxylic acids is 1. The number of nitrogens with one attached hydrogen (secondary N) is 2. The van der Waals surface area contributed by atoms with Crippen molar-refractivity contribution in [1.29, 1.82) is 0 Å². The van der Waals surface area contributed by atoms with E-state index in [1.165, 1.54) is 5.56 Å². The number of rotatable bonds is 9. The van der Waals surface area contributed by atoms with Gasteiger partial charge >= 0.3 is 0 Å². The summed E-state index contributed by atoms with van der Waals surface area (Å²) in [7, 11) is 0. The van der Waals surface area contributed by atoms with E-state index >= 15 is 0 Å². The van der Waals surface area contributed by atoms with E-state index < -0.39 is 0 Å². The van der Waals surface area contributed by atoms with Crippen molar-refractivity contribution < 1.29 is 9.21 Å². The maximum Gasteiger partial charge on any atom is 0.222 e. The molecule has 3 rings (SSSR count). The van der Waals surface area contributed by atoms with Crippen LogP contribution in [0.1, 0.15) is 43.4 Å². The predicted octanol–water partition coefficient (Wildman–Crippen LogP) is 3.35. The maximum atomic E-state index is 12.1. The lowest BCUT2D eigenvalue weighted by Gasteiger charge is -2.21. The molecule has 0 atom stereocenters. The summed E-state index contributed by atoms with van der Waals surface area (Å²) in [6, 6.07) is 14.1. The summed E-state index contributed by atoms with van der Waals surface area (Å²) in [5, 5.41) is 6.79. The van der Waals surface area contributed by atoms with Crippen LogP contribution in [0.2, 0.25) is 0 Å². The van der Waals surface area contributed by atoms with Gasteiger partial charge in [-0.1, -0.05) is 36.8 Å². The van der Waals surface area contributed by atoms with Gasteiger partial charge in [0, 0.05) is 39.0 Å². The molecule has 29 heavy (non-hydrogen) atoms. The van der Waals surface area contributed by atoms with Crippen molar-refractivity contribution in [2.75, 3.05) is 26.2 Å². The van der Waals surface area contributed by atoms with Crippen LogP contribution in [-0.4, -0.2) is 42.9 Å². The largest absolute Gasteiger partial charge is 0.469 e. The molecular weight excluding hydrogens is 364 g/mol. The Balaban J connectivity index is 1.46. The van der Waals surface area contributed by atoms with E-state index in [4.69, 9.17) is 9.41 Å². The van der Waals surface area contributed by atoms with E-state index in [2.05, 4.69) is 22.8 Å². The van der Waals surface area contributed by atoms with Gasteiger partial charge in [0.2, 0.25) is 5.91 Å². The average Bonchev–Trinajstić information content (AvgIpc) is 3.18. The topological polar surface area (TPSA) is 69.9 Å². The number of likely N-dealkylation sites (tertiary alicyclic amines) is 1. The summed E-state index contributed by atoms with van der Waals surface area (Å²) in [6.45, 7) is 3.87. The molecule has 0 spiro atoms. The first kappa shape index (κ1) is 21.0. The molecule has 1 amide bonds. The summed E-state index contributed by atoms with van der Waals surface area (Å²) in [4.78, 5) is 18.8. The van der Waals surface area contributed by atoms with Crippen molar-refractivity contribution >= 4 is 11.9 Å². The van der Waals surface area contributed by atoms with Gasteiger partial charge in [0.25, 0.3) is 0 Å².